The van der Waals surface area contributed by atoms with E-state index in [4.69, 9.17) is 6.57 Å². The Balaban J connectivity index is 2.06. The lowest BCUT2D eigenvalue weighted by Gasteiger charge is -2.38. The highest BCUT2D eigenvalue weighted by molar-refractivity contribution is 9.10. The van der Waals surface area contributed by atoms with Crippen molar-refractivity contribution in [2.45, 2.75) is 25.4 Å². The topological polar surface area (TPSA) is 58.7 Å². The average molecular weight is 351 g/mol. The fraction of sp³-hybridized carbons (Fsp3) is 0.500. The molecule has 1 saturated heterocycles. The first-order valence-corrected chi connectivity index (χ1v) is 7.58. The molecule has 0 atom stereocenters. The third-order valence-electron chi connectivity index (χ3n) is 4.29. The molecule has 6 nitrogen and oxygen atoms in total. The molecule has 0 aliphatic carbocycles. The van der Waals surface area contributed by atoms with E-state index < -0.39 is 5.66 Å². The number of carbonyl (C=O) groups is 1. The van der Waals surface area contributed by atoms with Crippen LogP contribution in [-0.4, -0.2) is 35.1 Å². The SMILES string of the molecule is [C-]#[N+]CN1CCC2(CC1)NC(=O)c1c(C)cc(Br)c(=O)n12. The Morgan fingerprint density at radius 3 is 2.71 bits per heavy atom. The van der Waals surface area contributed by atoms with Gasteiger partial charge in [-0.25, -0.2) is 11.5 Å². The third kappa shape index (κ3) is 2.10. The van der Waals surface area contributed by atoms with Crippen molar-refractivity contribution in [2.75, 3.05) is 19.8 Å². The molecule has 0 aromatic carbocycles. The maximum Gasteiger partial charge on any atom is 0.270 e. The van der Waals surface area contributed by atoms with E-state index in [2.05, 4.69) is 26.1 Å². The molecule has 2 aliphatic heterocycles. The molecule has 1 spiro atoms. The Bertz CT molecular complexity index is 711. The summed E-state index contributed by atoms with van der Waals surface area (Å²) >= 11 is 3.28. The van der Waals surface area contributed by atoms with Gasteiger partial charge in [0.05, 0.1) is 4.47 Å². The van der Waals surface area contributed by atoms with Crippen LogP contribution in [0.15, 0.2) is 15.3 Å². The molecular formula is C14H15BrN4O2. The minimum Gasteiger partial charge on any atom is -0.327 e. The van der Waals surface area contributed by atoms with Gasteiger partial charge in [-0.1, -0.05) is 0 Å². The quantitative estimate of drug-likeness (QED) is 0.776. The molecule has 3 heterocycles. The summed E-state index contributed by atoms with van der Waals surface area (Å²) in [6.45, 7) is 10.5. The average Bonchev–Trinajstić information content (AvgIpc) is 2.73. The third-order valence-corrected chi connectivity index (χ3v) is 4.86. The van der Waals surface area contributed by atoms with Crippen LogP contribution in [0.25, 0.3) is 4.85 Å². The van der Waals surface area contributed by atoms with E-state index in [9.17, 15) is 9.59 Å². The van der Waals surface area contributed by atoms with Gasteiger partial charge in [0.25, 0.3) is 18.1 Å². The van der Waals surface area contributed by atoms with Crippen molar-refractivity contribution in [1.29, 1.82) is 0 Å². The highest BCUT2D eigenvalue weighted by atomic mass is 79.9. The Morgan fingerprint density at radius 2 is 2.10 bits per heavy atom. The highest BCUT2D eigenvalue weighted by Crippen LogP contribution is 2.33. The molecule has 3 rings (SSSR count). The Morgan fingerprint density at radius 1 is 1.43 bits per heavy atom. The number of likely N-dealkylation sites (tertiary alicyclic amines) is 1. The van der Waals surface area contributed by atoms with Gasteiger partial charge in [0.2, 0.25) is 0 Å². The van der Waals surface area contributed by atoms with Gasteiger partial charge < -0.3 is 5.32 Å². The van der Waals surface area contributed by atoms with E-state index in [0.29, 0.717) is 42.8 Å². The van der Waals surface area contributed by atoms with Crippen LogP contribution in [0.1, 0.15) is 28.9 Å². The maximum atomic E-state index is 12.5. The smallest absolute Gasteiger partial charge is 0.270 e. The number of piperidine rings is 1. The first kappa shape index (κ1) is 14.3. The van der Waals surface area contributed by atoms with Crippen LogP contribution in [0, 0.1) is 13.5 Å². The van der Waals surface area contributed by atoms with Crippen LogP contribution in [0.5, 0.6) is 0 Å². The predicted octanol–water partition coefficient (Wildman–Crippen LogP) is 1.29. The highest BCUT2D eigenvalue weighted by Gasteiger charge is 2.46. The van der Waals surface area contributed by atoms with Crippen molar-refractivity contribution < 1.29 is 4.79 Å². The number of hydrogen-bond acceptors (Lipinski definition) is 3. The summed E-state index contributed by atoms with van der Waals surface area (Å²) in [5, 5.41) is 3.01. The van der Waals surface area contributed by atoms with E-state index in [-0.39, 0.29) is 11.5 Å². The Kier molecular flexibility index (Phi) is 3.38. The molecule has 1 amide bonds. The molecule has 0 radical (unpaired) electrons. The summed E-state index contributed by atoms with van der Waals surface area (Å²) in [7, 11) is 0. The lowest BCUT2D eigenvalue weighted by atomic mass is 9.97. The minimum absolute atomic E-state index is 0.174. The Labute approximate surface area is 130 Å². The van der Waals surface area contributed by atoms with Gasteiger partial charge in [-0.3, -0.25) is 19.0 Å². The second-order valence-corrected chi connectivity index (χ2v) is 6.42. The van der Waals surface area contributed by atoms with E-state index in [1.165, 1.54) is 0 Å². The van der Waals surface area contributed by atoms with E-state index in [1.807, 2.05) is 11.8 Å². The molecule has 21 heavy (non-hydrogen) atoms. The summed E-state index contributed by atoms with van der Waals surface area (Å²) < 4.78 is 2.09. The molecule has 0 bridgehead atoms. The van der Waals surface area contributed by atoms with Crippen molar-refractivity contribution in [3.05, 3.63) is 43.6 Å². The Hall–Kier alpha value is -1.65. The molecule has 1 N–H and O–H groups in total. The van der Waals surface area contributed by atoms with Crippen LogP contribution in [0.4, 0.5) is 0 Å². The van der Waals surface area contributed by atoms with Gasteiger partial charge in [0, 0.05) is 25.9 Å². The number of carbonyl (C=O) groups excluding carboxylic acids is 1. The number of aryl methyl sites for hydroxylation is 1. The van der Waals surface area contributed by atoms with Crippen molar-refractivity contribution in [3.63, 3.8) is 0 Å². The summed E-state index contributed by atoms with van der Waals surface area (Å²) in [5.41, 5.74) is 0.435. The monoisotopic (exact) mass is 350 g/mol. The zero-order chi connectivity index (χ0) is 15.2. The second-order valence-electron chi connectivity index (χ2n) is 5.57. The predicted molar refractivity (Wildman–Crippen MR) is 80.9 cm³/mol. The second kappa shape index (κ2) is 4.97. The number of fused-ring (bicyclic) bond motifs is 2. The van der Waals surface area contributed by atoms with Crippen LogP contribution < -0.4 is 10.9 Å². The van der Waals surface area contributed by atoms with E-state index in [1.54, 1.807) is 10.6 Å². The fourth-order valence-electron chi connectivity index (χ4n) is 3.23. The summed E-state index contributed by atoms with van der Waals surface area (Å²) in [4.78, 5) is 30.2. The molecular weight excluding hydrogens is 336 g/mol. The fourth-order valence-corrected chi connectivity index (χ4v) is 3.75. The summed E-state index contributed by atoms with van der Waals surface area (Å²) in [6, 6.07) is 1.70. The lowest BCUT2D eigenvalue weighted by molar-refractivity contribution is 0.0772. The summed E-state index contributed by atoms with van der Waals surface area (Å²) in [6.07, 6.45) is 1.27. The van der Waals surface area contributed by atoms with Gasteiger partial charge in [-0.15, -0.1) is 0 Å². The van der Waals surface area contributed by atoms with Gasteiger partial charge in [-0.05, 0) is 34.5 Å². The van der Waals surface area contributed by atoms with Crippen molar-refractivity contribution in [1.82, 2.24) is 14.8 Å². The first-order valence-electron chi connectivity index (χ1n) is 6.79. The van der Waals surface area contributed by atoms with Crippen molar-refractivity contribution in [3.8, 4) is 0 Å². The van der Waals surface area contributed by atoms with Gasteiger partial charge in [0.1, 0.15) is 11.4 Å². The maximum absolute atomic E-state index is 12.5. The molecule has 1 aromatic rings. The van der Waals surface area contributed by atoms with Crippen LogP contribution >= 0.6 is 15.9 Å². The van der Waals surface area contributed by atoms with Crippen LogP contribution in [-0.2, 0) is 5.66 Å². The molecule has 1 fully saturated rings. The van der Waals surface area contributed by atoms with Crippen LogP contribution in [0.3, 0.4) is 0 Å². The van der Waals surface area contributed by atoms with Crippen molar-refractivity contribution >= 4 is 21.8 Å². The summed E-state index contributed by atoms with van der Waals surface area (Å²) in [5.74, 6) is -0.185. The normalized spacial score (nSPS) is 20.1. The van der Waals surface area contributed by atoms with E-state index >= 15 is 0 Å². The number of aromatic nitrogens is 1. The van der Waals surface area contributed by atoms with Gasteiger partial charge in [-0.2, -0.15) is 0 Å². The van der Waals surface area contributed by atoms with Crippen molar-refractivity contribution in [2.24, 2.45) is 0 Å². The largest absolute Gasteiger partial charge is 0.327 e. The lowest BCUT2D eigenvalue weighted by Crippen LogP contribution is -2.54. The molecule has 1 aromatic heterocycles. The number of nitrogens with zero attached hydrogens (tertiary/aromatic N) is 3. The number of nitrogens with one attached hydrogen (secondary N) is 1. The number of amides is 1. The number of rotatable bonds is 1. The first-order chi connectivity index (χ1) is 9.98. The zero-order valence-corrected chi connectivity index (χ0v) is 13.2. The molecule has 7 heteroatoms. The number of halogens is 1. The molecule has 2 aliphatic rings. The number of hydrogen-bond donors (Lipinski definition) is 1. The molecule has 110 valence electrons. The number of pyridine rings is 1. The van der Waals surface area contributed by atoms with E-state index in [0.717, 1.165) is 5.56 Å². The molecule has 0 saturated carbocycles. The van der Waals surface area contributed by atoms with Gasteiger partial charge >= 0.3 is 0 Å². The minimum atomic E-state index is -0.642. The zero-order valence-electron chi connectivity index (χ0n) is 11.6. The standard InChI is InChI=1S/C14H15BrN4O2/c1-9-7-10(15)13(21)19-11(9)12(20)17-14(19)3-5-18(6-4-14)8-16-2/h7H,3-6,8H2,1H3,(H,17,20). The van der Waals surface area contributed by atoms with Crippen LogP contribution in [0.2, 0.25) is 0 Å². The molecule has 0 unspecified atom stereocenters. The van der Waals surface area contributed by atoms with Gasteiger partial charge in [0.15, 0.2) is 0 Å².